The van der Waals surface area contributed by atoms with Crippen molar-refractivity contribution in [2.75, 3.05) is 27.9 Å². The number of aromatic nitrogens is 1. The molecule has 0 bridgehead atoms. The van der Waals surface area contributed by atoms with Gasteiger partial charge in [0.2, 0.25) is 5.91 Å². The van der Waals surface area contributed by atoms with Crippen LogP contribution in [-0.2, 0) is 11.2 Å². The molecule has 0 fully saturated rings. The Bertz CT molecular complexity index is 1250. The van der Waals surface area contributed by atoms with Crippen LogP contribution in [0.5, 0.6) is 17.2 Å². The quantitative estimate of drug-likeness (QED) is 0.393. The van der Waals surface area contributed by atoms with Crippen molar-refractivity contribution in [3.05, 3.63) is 89.6 Å². The molecule has 0 aliphatic carbocycles. The summed E-state index contributed by atoms with van der Waals surface area (Å²) in [4.78, 5) is 16.2. The van der Waals surface area contributed by atoms with Gasteiger partial charge in [-0.3, -0.25) is 4.79 Å². The number of carbonyl (C=O) groups is 1. The van der Waals surface area contributed by atoms with Crippen LogP contribution in [0.1, 0.15) is 22.6 Å². The second-order valence-corrected chi connectivity index (χ2v) is 7.72. The molecule has 1 heterocycles. The molecular formula is C27H28N2O4. The van der Waals surface area contributed by atoms with E-state index in [1.807, 2.05) is 66.9 Å². The Morgan fingerprint density at radius 1 is 0.848 bits per heavy atom. The minimum Gasteiger partial charge on any atom is -0.496 e. The van der Waals surface area contributed by atoms with Gasteiger partial charge in [0, 0.05) is 40.7 Å². The van der Waals surface area contributed by atoms with Crippen LogP contribution >= 0.6 is 0 Å². The van der Waals surface area contributed by atoms with Crippen molar-refractivity contribution < 1.29 is 19.0 Å². The number of fused-ring (bicyclic) bond motifs is 1. The summed E-state index contributed by atoms with van der Waals surface area (Å²) in [5.41, 5.74) is 3.91. The lowest BCUT2D eigenvalue weighted by Gasteiger charge is -2.22. The van der Waals surface area contributed by atoms with Crippen LogP contribution in [0.3, 0.4) is 0 Å². The lowest BCUT2D eigenvalue weighted by Crippen LogP contribution is -2.30. The number of aromatic amines is 1. The van der Waals surface area contributed by atoms with Crippen LogP contribution in [0.2, 0.25) is 0 Å². The van der Waals surface area contributed by atoms with Crippen molar-refractivity contribution in [3.63, 3.8) is 0 Å². The second-order valence-electron chi connectivity index (χ2n) is 7.72. The summed E-state index contributed by atoms with van der Waals surface area (Å²) < 4.78 is 16.6. The molecule has 3 aromatic carbocycles. The highest BCUT2D eigenvalue weighted by molar-refractivity contribution is 5.85. The fourth-order valence-corrected chi connectivity index (χ4v) is 4.26. The number of methoxy groups -OCH3 is 3. The van der Waals surface area contributed by atoms with Gasteiger partial charge in [0.05, 0.1) is 27.8 Å². The van der Waals surface area contributed by atoms with Gasteiger partial charge in [0.1, 0.15) is 5.75 Å². The maximum absolute atomic E-state index is 12.9. The summed E-state index contributed by atoms with van der Waals surface area (Å²) in [5.74, 6) is 1.80. The lowest BCUT2D eigenvalue weighted by atomic mass is 9.89. The second kappa shape index (κ2) is 10.1. The van der Waals surface area contributed by atoms with Crippen LogP contribution in [0.25, 0.3) is 10.9 Å². The predicted molar refractivity (Wildman–Crippen MR) is 129 cm³/mol. The van der Waals surface area contributed by atoms with Gasteiger partial charge in [-0.05, 0) is 23.8 Å². The molecule has 1 atom stereocenters. The molecule has 4 aromatic rings. The van der Waals surface area contributed by atoms with E-state index in [1.54, 1.807) is 21.3 Å². The average molecular weight is 445 g/mol. The summed E-state index contributed by atoms with van der Waals surface area (Å²) in [5, 5.41) is 4.22. The highest BCUT2D eigenvalue weighted by Gasteiger charge is 2.24. The molecule has 1 amide bonds. The Kier molecular flexibility index (Phi) is 6.83. The van der Waals surface area contributed by atoms with E-state index >= 15 is 0 Å². The van der Waals surface area contributed by atoms with E-state index in [9.17, 15) is 4.79 Å². The first kappa shape index (κ1) is 22.3. The Balaban J connectivity index is 1.66. The molecule has 0 spiro atoms. The Labute approximate surface area is 193 Å². The SMILES string of the molecule is COc1ccccc1CC(=O)NCC(c1cccc(OC)c1OC)c1c[nH]c2ccccc12. The molecule has 6 nitrogen and oxygen atoms in total. The Morgan fingerprint density at radius 3 is 2.36 bits per heavy atom. The van der Waals surface area contributed by atoms with E-state index in [1.165, 1.54) is 0 Å². The predicted octanol–water partition coefficient (Wildman–Crippen LogP) is 4.68. The lowest BCUT2D eigenvalue weighted by molar-refractivity contribution is -0.120. The number of hydrogen-bond donors (Lipinski definition) is 2. The van der Waals surface area contributed by atoms with Gasteiger partial charge in [0.25, 0.3) is 0 Å². The largest absolute Gasteiger partial charge is 0.496 e. The molecule has 170 valence electrons. The van der Waals surface area contributed by atoms with E-state index in [2.05, 4.69) is 16.4 Å². The number of hydrogen-bond acceptors (Lipinski definition) is 4. The Hall–Kier alpha value is -3.93. The molecule has 0 saturated heterocycles. The molecule has 2 N–H and O–H groups in total. The van der Waals surface area contributed by atoms with Gasteiger partial charge < -0.3 is 24.5 Å². The number of ether oxygens (including phenoxy) is 3. The molecule has 0 saturated carbocycles. The van der Waals surface area contributed by atoms with E-state index < -0.39 is 0 Å². The standard InChI is InChI=1S/C27H28N2O4/c1-31-24-13-7-4-9-18(24)15-26(30)29-17-22(20-11-8-14-25(32-2)27(20)33-3)21-16-28-23-12-6-5-10-19(21)23/h4-14,16,22,28H,15,17H2,1-3H3,(H,29,30). The summed E-state index contributed by atoms with van der Waals surface area (Å²) in [6.07, 6.45) is 2.24. The third-order valence-corrected chi connectivity index (χ3v) is 5.85. The zero-order valence-electron chi connectivity index (χ0n) is 19.1. The molecule has 0 aliphatic heterocycles. The monoisotopic (exact) mass is 444 g/mol. The van der Waals surface area contributed by atoms with Crippen molar-refractivity contribution in [3.8, 4) is 17.2 Å². The zero-order valence-corrected chi connectivity index (χ0v) is 19.1. The van der Waals surface area contributed by atoms with Gasteiger partial charge in [-0.25, -0.2) is 0 Å². The first-order valence-electron chi connectivity index (χ1n) is 10.8. The van der Waals surface area contributed by atoms with E-state index in [0.717, 1.165) is 27.6 Å². The van der Waals surface area contributed by atoms with E-state index in [0.29, 0.717) is 23.8 Å². The van der Waals surface area contributed by atoms with Gasteiger partial charge in [-0.2, -0.15) is 0 Å². The third kappa shape index (κ3) is 4.65. The van der Waals surface area contributed by atoms with Crippen molar-refractivity contribution in [1.82, 2.24) is 10.3 Å². The van der Waals surface area contributed by atoms with Crippen molar-refractivity contribution in [2.45, 2.75) is 12.3 Å². The minimum absolute atomic E-state index is 0.0776. The fourth-order valence-electron chi connectivity index (χ4n) is 4.26. The van der Waals surface area contributed by atoms with Gasteiger partial charge in [-0.15, -0.1) is 0 Å². The number of benzene rings is 3. The topological polar surface area (TPSA) is 72.6 Å². The molecule has 4 rings (SSSR count). The minimum atomic E-state index is -0.146. The molecule has 0 aliphatic rings. The van der Waals surface area contributed by atoms with Crippen LogP contribution in [0.4, 0.5) is 0 Å². The first-order valence-corrected chi connectivity index (χ1v) is 10.8. The summed E-state index contributed by atoms with van der Waals surface area (Å²) in [7, 11) is 4.87. The maximum atomic E-state index is 12.9. The smallest absolute Gasteiger partial charge is 0.224 e. The zero-order chi connectivity index (χ0) is 23.2. The summed E-state index contributed by atoms with van der Waals surface area (Å²) >= 11 is 0. The molecular weight excluding hydrogens is 416 g/mol. The van der Waals surface area contributed by atoms with Gasteiger partial charge in [0.15, 0.2) is 11.5 Å². The molecule has 33 heavy (non-hydrogen) atoms. The fraction of sp³-hybridized carbons (Fsp3) is 0.222. The maximum Gasteiger partial charge on any atom is 0.224 e. The number of amides is 1. The van der Waals surface area contributed by atoms with Crippen LogP contribution < -0.4 is 19.5 Å². The normalized spacial score (nSPS) is 11.7. The number of rotatable bonds is 9. The summed E-state index contributed by atoms with van der Waals surface area (Å²) in [6.45, 7) is 0.402. The molecule has 6 heteroatoms. The number of para-hydroxylation sites is 3. The molecule has 1 aromatic heterocycles. The molecule has 0 radical (unpaired) electrons. The number of nitrogens with one attached hydrogen (secondary N) is 2. The van der Waals surface area contributed by atoms with Crippen molar-refractivity contribution in [1.29, 1.82) is 0 Å². The third-order valence-electron chi connectivity index (χ3n) is 5.85. The van der Waals surface area contributed by atoms with Crippen LogP contribution in [-0.4, -0.2) is 38.8 Å². The highest BCUT2D eigenvalue weighted by Crippen LogP contribution is 2.40. The van der Waals surface area contributed by atoms with E-state index in [-0.39, 0.29) is 18.2 Å². The number of H-pyrrole nitrogens is 1. The van der Waals surface area contributed by atoms with Crippen molar-refractivity contribution >= 4 is 16.8 Å². The van der Waals surface area contributed by atoms with Gasteiger partial charge >= 0.3 is 0 Å². The Morgan fingerprint density at radius 2 is 1.58 bits per heavy atom. The number of carbonyl (C=O) groups excluding carboxylic acids is 1. The van der Waals surface area contributed by atoms with Gasteiger partial charge in [-0.1, -0.05) is 48.5 Å². The summed E-state index contributed by atoms with van der Waals surface area (Å²) in [6, 6.07) is 21.5. The average Bonchev–Trinajstić information content (AvgIpc) is 3.28. The van der Waals surface area contributed by atoms with Crippen LogP contribution in [0, 0.1) is 0 Å². The molecule has 1 unspecified atom stereocenters. The highest BCUT2D eigenvalue weighted by atomic mass is 16.5. The van der Waals surface area contributed by atoms with E-state index in [4.69, 9.17) is 14.2 Å². The van der Waals surface area contributed by atoms with Crippen molar-refractivity contribution in [2.24, 2.45) is 0 Å². The van der Waals surface area contributed by atoms with Crippen LogP contribution in [0.15, 0.2) is 72.9 Å². The first-order chi connectivity index (χ1) is 16.2.